The van der Waals surface area contributed by atoms with Gasteiger partial charge in [0.25, 0.3) is 0 Å². The van der Waals surface area contributed by atoms with E-state index in [9.17, 15) is 9.59 Å². The summed E-state index contributed by atoms with van der Waals surface area (Å²) in [4.78, 5) is 24.6. The lowest BCUT2D eigenvalue weighted by Crippen LogP contribution is -2.45. The van der Waals surface area contributed by atoms with Crippen LogP contribution in [-0.4, -0.2) is 35.3 Å². The Balaban J connectivity index is 2.63. The molecular formula is C11H21N3O2. The maximum absolute atomic E-state index is 12.1. The molecule has 2 atom stereocenters. The molecule has 0 aliphatic heterocycles. The van der Waals surface area contributed by atoms with Gasteiger partial charge in [-0.3, -0.25) is 9.59 Å². The first-order valence-electron chi connectivity index (χ1n) is 5.76. The Morgan fingerprint density at radius 3 is 2.38 bits per heavy atom. The average Bonchev–Trinajstić information content (AvgIpc) is 2.59. The van der Waals surface area contributed by atoms with Gasteiger partial charge in [-0.15, -0.1) is 0 Å². The quantitative estimate of drug-likeness (QED) is 0.699. The minimum absolute atomic E-state index is 0.00222. The average molecular weight is 227 g/mol. The second-order valence-corrected chi connectivity index (χ2v) is 4.80. The van der Waals surface area contributed by atoms with Gasteiger partial charge in [-0.2, -0.15) is 0 Å². The minimum atomic E-state index is -0.468. The van der Waals surface area contributed by atoms with Crippen molar-refractivity contribution in [1.29, 1.82) is 0 Å². The first-order valence-corrected chi connectivity index (χ1v) is 5.76. The lowest BCUT2D eigenvalue weighted by Gasteiger charge is -2.28. The van der Waals surface area contributed by atoms with Gasteiger partial charge in [0.15, 0.2) is 0 Å². The number of carbonyl (C=O) groups is 2. The Morgan fingerprint density at radius 1 is 1.38 bits per heavy atom. The van der Waals surface area contributed by atoms with E-state index in [1.807, 2.05) is 13.8 Å². The van der Waals surface area contributed by atoms with E-state index in [2.05, 4.69) is 0 Å². The summed E-state index contributed by atoms with van der Waals surface area (Å²) >= 11 is 0. The molecule has 0 aromatic rings. The number of nitrogens with two attached hydrogens (primary N) is 2. The summed E-state index contributed by atoms with van der Waals surface area (Å²) in [6.07, 6.45) is 2.43. The summed E-state index contributed by atoms with van der Waals surface area (Å²) in [6, 6.07) is 0.119. The molecule has 5 heteroatoms. The smallest absolute Gasteiger partial charge is 0.237 e. The zero-order valence-electron chi connectivity index (χ0n) is 9.98. The summed E-state index contributed by atoms with van der Waals surface area (Å²) in [5.74, 6) is -0.483. The second-order valence-electron chi connectivity index (χ2n) is 4.80. The molecule has 5 nitrogen and oxygen atoms in total. The van der Waals surface area contributed by atoms with Crippen LogP contribution in [-0.2, 0) is 9.59 Å². The van der Waals surface area contributed by atoms with E-state index < -0.39 is 5.91 Å². The Hall–Kier alpha value is -1.10. The van der Waals surface area contributed by atoms with Crippen LogP contribution in [0.4, 0.5) is 0 Å². The van der Waals surface area contributed by atoms with Crippen molar-refractivity contribution < 1.29 is 9.59 Å². The molecule has 0 aromatic heterocycles. The van der Waals surface area contributed by atoms with E-state index in [4.69, 9.17) is 11.5 Å². The van der Waals surface area contributed by atoms with Gasteiger partial charge in [-0.1, -0.05) is 0 Å². The van der Waals surface area contributed by atoms with Gasteiger partial charge in [0.1, 0.15) is 0 Å². The van der Waals surface area contributed by atoms with Gasteiger partial charge in [0, 0.05) is 18.0 Å². The van der Waals surface area contributed by atoms with Crippen molar-refractivity contribution in [3.05, 3.63) is 0 Å². The van der Waals surface area contributed by atoms with E-state index >= 15 is 0 Å². The van der Waals surface area contributed by atoms with Gasteiger partial charge >= 0.3 is 0 Å². The molecule has 0 spiro atoms. The predicted molar refractivity (Wildman–Crippen MR) is 61.4 cm³/mol. The van der Waals surface area contributed by atoms with Crippen LogP contribution in [0.1, 0.15) is 33.1 Å². The largest absolute Gasteiger partial charge is 0.368 e. The first kappa shape index (κ1) is 13.0. The maximum Gasteiger partial charge on any atom is 0.237 e. The van der Waals surface area contributed by atoms with Crippen LogP contribution in [0, 0.1) is 5.92 Å². The standard InChI is InChI=1S/C11H21N3O2/c1-7(2)14(6-10(13)15)11(16)8-3-4-9(12)5-8/h7-9H,3-6,12H2,1-2H3,(H2,13,15). The van der Waals surface area contributed by atoms with Crippen LogP contribution in [0.5, 0.6) is 0 Å². The van der Waals surface area contributed by atoms with E-state index in [0.29, 0.717) is 0 Å². The molecule has 0 heterocycles. The number of carbonyl (C=O) groups excluding carboxylic acids is 2. The van der Waals surface area contributed by atoms with Crippen molar-refractivity contribution in [3.63, 3.8) is 0 Å². The zero-order valence-corrected chi connectivity index (χ0v) is 9.98. The summed E-state index contributed by atoms with van der Waals surface area (Å²) < 4.78 is 0. The van der Waals surface area contributed by atoms with Crippen molar-refractivity contribution in [2.75, 3.05) is 6.54 Å². The van der Waals surface area contributed by atoms with E-state index in [1.165, 1.54) is 0 Å². The summed E-state index contributed by atoms with van der Waals surface area (Å²) in [5.41, 5.74) is 10.9. The molecule has 0 radical (unpaired) electrons. The SMILES string of the molecule is CC(C)N(CC(N)=O)C(=O)C1CCC(N)C1. The Labute approximate surface area is 96.1 Å². The van der Waals surface area contributed by atoms with Crippen LogP contribution < -0.4 is 11.5 Å². The third kappa shape index (κ3) is 3.20. The molecule has 0 aromatic carbocycles. The molecular weight excluding hydrogens is 206 g/mol. The second kappa shape index (κ2) is 5.30. The van der Waals surface area contributed by atoms with Crippen molar-refractivity contribution in [2.45, 2.75) is 45.2 Å². The Morgan fingerprint density at radius 2 is 2.00 bits per heavy atom. The maximum atomic E-state index is 12.1. The third-order valence-corrected chi connectivity index (χ3v) is 3.06. The highest BCUT2D eigenvalue weighted by Gasteiger charge is 2.32. The first-order chi connectivity index (χ1) is 7.41. The van der Waals surface area contributed by atoms with Gasteiger partial charge in [0.05, 0.1) is 6.54 Å². The molecule has 0 bridgehead atoms. The third-order valence-electron chi connectivity index (χ3n) is 3.06. The van der Waals surface area contributed by atoms with Crippen molar-refractivity contribution >= 4 is 11.8 Å². The van der Waals surface area contributed by atoms with E-state index in [-0.39, 0.29) is 30.5 Å². The van der Waals surface area contributed by atoms with Crippen molar-refractivity contribution in [2.24, 2.45) is 17.4 Å². The number of rotatable bonds is 4. The summed E-state index contributed by atoms with van der Waals surface area (Å²) in [7, 11) is 0. The normalized spacial score (nSPS) is 24.8. The van der Waals surface area contributed by atoms with Gasteiger partial charge in [-0.25, -0.2) is 0 Å². The molecule has 0 saturated heterocycles. The number of primary amides is 1. The number of hydrogen-bond acceptors (Lipinski definition) is 3. The van der Waals surface area contributed by atoms with Crippen LogP contribution in [0.2, 0.25) is 0 Å². The fraction of sp³-hybridized carbons (Fsp3) is 0.818. The molecule has 2 unspecified atom stereocenters. The fourth-order valence-electron chi connectivity index (χ4n) is 2.16. The molecule has 2 amide bonds. The molecule has 1 rings (SSSR count). The Bertz CT molecular complexity index is 278. The van der Waals surface area contributed by atoms with Gasteiger partial charge in [0.2, 0.25) is 11.8 Å². The Kier molecular flexibility index (Phi) is 4.29. The molecule has 1 saturated carbocycles. The van der Waals surface area contributed by atoms with E-state index in [1.54, 1.807) is 4.90 Å². The zero-order chi connectivity index (χ0) is 12.3. The molecule has 1 fully saturated rings. The highest BCUT2D eigenvalue weighted by Crippen LogP contribution is 2.26. The van der Waals surface area contributed by atoms with Crippen LogP contribution in [0.15, 0.2) is 0 Å². The topological polar surface area (TPSA) is 89.4 Å². The van der Waals surface area contributed by atoms with Crippen molar-refractivity contribution in [3.8, 4) is 0 Å². The molecule has 1 aliphatic carbocycles. The summed E-state index contributed by atoms with van der Waals surface area (Å²) in [5, 5.41) is 0. The predicted octanol–water partition coefficient (Wildman–Crippen LogP) is -0.164. The molecule has 1 aliphatic rings. The van der Waals surface area contributed by atoms with Crippen molar-refractivity contribution in [1.82, 2.24) is 4.90 Å². The monoisotopic (exact) mass is 227 g/mol. The highest BCUT2D eigenvalue weighted by atomic mass is 16.2. The van der Waals surface area contributed by atoms with E-state index in [0.717, 1.165) is 19.3 Å². The fourth-order valence-corrected chi connectivity index (χ4v) is 2.16. The summed E-state index contributed by atoms with van der Waals surface area (Å²) in [6.45, 7) is 3.77. The number of amides is 2. The number of hydrogen-bond donors (Lipinski definition) is 2. The lowest BCUT2D eigenvalue weighted by atomic mass is 10.1. The molecule has 16 heavy (non-hydrogen) atoms. The van der Waals surface area contributed by atoms with Crippen LogP contribution in [0.25, 0.3) is 0 Å². The lowest BCUT2D eigenvalue weighted by molar-refractivity contribution is -0.140. The van der Waals surface area contributed by atoms with Crippen LogP contribution in [0.3, 0.4) is 0 Å². The minimum Gasteiger partial charge on any atom is -0.368 e. The number of nitrogens with zero attached hydrogens (tertiary/aromatic N) is 1. The molecule has 92 valence electrons. The highest BCUT2D eigenvalue weighted by molar-refractivity contribution is 5.85. The van der Waals surface area contributed by atoms with Gasteiger partial charge in [-0.05, 0) is 33.1 Å². The van der Waals surface area contributed by atoms with Gasteiger partial charge < -0.3 is 16.4 Å². The van der Waals surface area contributed by atoms with Crippen LogP contribution >= 0.6 is 0 Å². The molecule has 4 N–H and O–H groups in total.